The lowest BCUT2D eigenvalue weighted by Gasteiger charge is -2.35. The summed E-state index contributed by atoms with van der Waals surface area (Å²) in [5.74, 6) is 1.43. The molecule has 1 aliphatic heterocycles. The molecule has 3 aromatic carbocycles. The van der Waals surface area contributed by atoms with E-state index in [4.69, 9.17) is 9.47 Å². The molecule has 0 fully saturated rings. The minimum absolute atomic E-state index is 0.0809. The molecule has 1 unspecified atom stereocenters. The number of hydrogen-bond acceptors (Lipinski definition) is 5. The molecule has 0 spiro atoms. The molecule has 5 nitrogen and oxygen atoms in total. The van der Waals surface area contributed by atoms with Gasteiger partial charge in [0, 0.05) is 30.3 Å². The molecule has 30 heavy (non-hydrogen) atoms. The maximum atomic E-state index is 9.90. The zero-order chi connectivity index (χ0) is 21.4. The number of benzene rings is 3. The van der Waals surface area contributed by atoms with Crippen LogP contribution in [-0.2, 0) is 26.2 Å². The molecule has 4 rings (SSSR count). The van der Waals surface area contributed by atoms with Crippen LogP contribution in [0.2, 0.25) is 0 Å². The molecule has 0 radical (unpaired) electrons. The molecule has 0 saturated heterocycles. The van der Waals surface area contributed by atoms with Gasteiger partial charge in [-0.3, -0.25) is 4.90 Å². The van der Waals surface area contributed by atoms with E-state index in [1.54, 1.807) is 14.2 Å². The number of rotatable bonds is 6. The monoisotopic (exact) mass is 409 g/mol. The Balaban J connectivity index is 2.09. The van der Waals surface area contributed by atoms with Crippen LogP contribution in [-0.4, -0.2) is 41.9 Å². The molecule has 5 heteroatoms. The van der Waals surface area contributed by atoms with Crippen molar-refractivity contribution in [2.75, 3.05) is 20.8 Å². The zero-order valence-electron chi connectivity index (χ0n) is 18.3. The smallest absolute Gasteiger partial charge is 0.125 e. The van der Waals surface area contributed by atoms with Crippen molar-refractivity contribution in [3.05, 3.63) is 46.5 Å². The number of fused-ring (bicyclic) bond motifs is 6. The topological polar surface area (TPSA) is 62.2 Å². The van der Waals surface area contributed by atoms with Crippen molar-refractivity contribution in [3.8, 4) is 11.5 Å². The summed E-state index contributed by atoms with van der Waals surface area (Å²) in [5, 5.41) is 24.3. The largest absolute Gasteiger partial charge is 0.496 e. The maximum Gasteiger partial charge on any atom is 0.125 e. The van der Waals surface area contributed by atoms with Crippen molar-refractivity contribution in [3.63, 3.8) is 0 Å². The molecule has 3 aromatic rings. The van der Waals surface area contributed by atoms with Gasteiger partial charge in [0.15, 0.2) is 0 Å². The Morgan fingerprint density at radius 3 is 1.87 bits per heavy atom. The Morgan fingerprint density at radius 2 is 1.40 bits per heavy atom. The predicted molar refractivity (Wildman–Crippen MR) is 120 cm³/mol. The van der Waals surface area contributed by atoms with Gasteiger partial charge >= 0.3 is 0 Å². The lowest BCUT2D eigenvalue weighted by Crippen LogP contribution is -2.37. The number of hydrogen-bond donors (Lipinski definition) is 2. The highest BCUT2D eigenvalue weighted by molar-refractivity contribution is 6.12. The van der Waals surface area contributed by atoms with Gasteiger partial charge in [-0.05, 0) is 76.7 Å². The highest BCUT2D eigenvalue weighted by Crippen LogP contribution is 2.41. The molecule has 1 heterocycles. The van der Waals surface area contributed by atoms with Crippen LogP contribution in [0, 0.1) is 0 Å². The van der Waals surface area contributed by atoms with Crippen molar-refractivity contribution >= 4 is 21.5 Å². The van der Waals surface area contributed by atoms with Gasteiger partial charge in [-0.1, -0.05) is 6.92 Å². The van der Waals surface area contributed by atoms with Crippen LogP contribution >= 0.6 is 0 Å². The molecule has 0 saturated carbocycles. The fourth-order valence-corrected chi connectivity index (χ4v) is 4.78. The standard InChI is InChI=1S/C25H31NO4/c1-5-15(2)26-7-6-18-21-10-24(29-3)16(13-27)8-19(21)20-9-17(14-28)25(30-4)11-22(20)23(18)12-26/h8-11,15,27-28H,5-7,12-14H2,1-4H3. The molecule has 160 valence electrons. The van der Waals surface area contributed by atoms with E-state index in [-0.39, 0.29) is 13.2 Å². The highest BCUT2D eigenvalue weighted by atomic mass is 16.5. The van der Waals surface area contributed by atoms with Crippen molar-refractivity contribution < 1.29 is 19.7 Å². The van der Waals surface area contributed by atoms with Crippen molar-refractivity contribution in [2.24, 2.45) is 0 Å². The second-order valence-electron chi connectivity index (χ2n) is 8.17. The van der Waals surface area contributed by atoms with Crippen molar-refractivity contribution in [1.29, 1.82) is 0 Å². The Kier molecular flexibility index (Phi) is 5.87. The van der Waals surface area contributed by atoms with Crippen LogP contribution in [0.4, 0.5) is 0 Å². The Morgan fingerprint density at radius 1 is 0.867 bits per heavy atom. The Hall–Kier alpha value is -2.34. The number of methoxy groups -OCH3 is 2. The predicted octanol–water partition coefficient (Wildman–Crippen LogP) is 4.15. The molecule has 1 atom stereocenters. The molecule has 0 aromatic heterocycles. The van der Waals surface area contributed by atoms with E-state index in [9.17, 15) is 10.2 Å². The van der Waals surface area contributed by atoms with Gasteiger partial charge in [0.1, 0.15) is 11.5 Å². The summed E-state index contributed by atoms with van der Waals surface area (Å²) in [4.78, 5) is 2.54. The summed E-state index contributed by atoms with van der Waals surface area (Å²) < 4.78 is 11.2. The molecule has 0 bridgehead atoms. The number of aliphatic hydroxyl groups excluding tert-OH is 2. The van der Waals surface area contributed by atoms with Gasteiger partial charge in [0.05, 0.1) is 27.4 Å². The van der Waals surface area contributed by atoms with Crippen molar-refractivity contribution in [2.45, 2.75) is 52.5 Å². The van der Waals surface area contributed by atoms with E-state index < -0.39 is 0 Å². The summed E-state index contributed by atoms with van der Waals surface area (Å²) in [6, 6.07) is 8.73. The van der Waals surface area contributed by atoms with Gasteiger partial charge in [-0.2, -0.15) is 0 Å². The first-order chi connectivity index (χ1) is 14.6. The van der Waals surface area contributed by atoms with Gasteiger partial charge in [0.25, 0.3) is 0 Å². The molecule has 1 aliphatic rings. The molecular formula is C25H31NO4. The summed E-state index contributed by atoms with van der Waals surface area (Å²) >= 11 is 0. The van der Waals surface area contributed by atoms with Crippen LogP contribution in [0.5, 0.6) is 11.5 Å². The molecule has 0 aliphatic carbocycles. The fraction of sp³-hybridized carbons (Fsp3) is 0.440. The molecular weight excluding hydrogens is 378 g/mol. The number of aliphatic hydroxyl groups is 2. The normalized spacial score (nSPS) is 15.4. The van der Waals surface area contributed by atoms with E-state index in [2.05, 4.69) is 30.9 Å². The lowest BCUT2D eigenvalue weighted by atomic mass is 9.85. The van der Waals surface area contributed by atoms with Gasteiger partial charge in [0.2, 0.25) is 0 Å². The summed E-state index contributed by atoms with van der Waals surface area (Å²) in [5.41, 5.74) is 4.20. The summed E-state index contributed by atoms with van der Waals surface area (Å²) in [7, 11) is 3.29. The summed E-state index contributed by atoms with van der Waals surface area (Å²) in [6.45, 7) is 6.27. The average molecular weight is 410 g/mol. The van der Waals surface area contributed by atoms with Crippen LogP contribution < -0.4 is 9.47 Å². The Labute approximate surface area is 177 Å². The third kappa shape index (κ3) is 3.31. The fourth-order valence-electron chi connectivity index (χ4n) is 4.78. The van der Waals surface area contributed by atoms with Crippen LogP contribution in [0.3, 0.4) is 0 Å². The second kappa shape index (κ2) is 8.42. The summed E-state index contributed by atoms with van der Waals surface area (Å²) in [6.07, 6.45) is 2.09. The van der Waals surface area contributed by atoms with Gasteiger partial charge < -0.3 is 19.7 Å². The molecule has 2 N–H and O–H groups in total. The first kappa shape index (κ1) is 20.9. The third-order valence-electron chi connectivity index (χ3n) is 6.71. The van der Waals surface area contributed by atoms with E-state index in [0.29, 0.717) is 17.5 Å². The average Bonchev–Trinajstić information content (AvgIpc) is 2.81. The second-order valence-corrected chi connectivity index (χ2v) is 8.17. The van der Waals surface area contributed by atoms with Crippen molar-refractivity contribution in [1.82, 2.24) is 4.90 Å². The first-order valence-electron chi connectivity index (χ1n) is 10.7. The van der Waals surface area contributed by atoms with Gasteiger partial charge in [-0.25, -0.2) is 0 Å². The first-order valence-corrected chi connectivity index (χ1v) is 10.7. The van der Waals surface area contributed by atoms with Crippen LogP contribution in [0.1, 0.15) is 42.5 Å². The lowest BCUT2D eigenvalue weighted by molar-refractivity contribution is 0.188. The van der Waals surface area contributed by atoms with E-state index >= 15 is 0 Å². The maximum absolute atomic E-state index is 9.90. The van der Waals surface area contributed by atoms with Gasteiger partial charge in [-0.15, -0.1) is 0 Å². The van der Waals surface area contributed by atoms with Crippen LogP contribution in [0.25, 0.3) is 21.5 Å². The molecule has 0 amide bonds. The van der Waals surface area contributed by atoms with E-state index in [0.717, 1.165) is 53.2 Å². The minimum atomic E-state index is -0.0836. The number of ether oxygens (including phenoxy) is 2. The number of nitrogens with zero attached hydrogens (tertiary/aromatic N) is 1. The quantitative estimate of drug-likeness (QED) is 0.599. The van der Waals surface area contributed by atoms with Crippen LogP contribution in [0.15, 0.2) is 24.3 Å². The minimum Gasteiger partial charge on any atom is -0.496 e. The SMILES string of the molecule is CCC(C)N1CCc2c(c3cc(OC)c(CO)cc3c3cc(CO)c(OC)cc23)C1. The third-order valence-corrected chi connectivity index (χ3v) is 6.71. The highest BCUT2D eigenvalue weighted by Gasteiger charge is 2.25. The zero-order valence-corrected chi connectivity index (χ0v) is 18.3. The van der Waals surface area contributed by atoms with E-state index in [1.165, 1.54) is 16.5 Å². The Bertz CT molecular complexity index is 1090. The van der Waals surface area contributed by atoms with E-state index in [1.807, 2.05) is 12.1 Å².